The summed E-state index contributed by atoms with van der Waals surface area (Å²) >= 11 is 1.54. The van der Waals surface area contributed by atoms with E-state index in [1.165, 1.54) is 17.8 Å². The van der Waals surface area contributed by atoms with Gasteiger partial charge in [0.2, 0.25) is 0 Å². The van der Waals surface area contributed by atoms with E-state index in [9.17, 15) is 4.79 Å². The van der Waals surface area contributed by atoms with E-state index in [4.69, 9.17) is 4.74 Å². The third-order valence-electron chi connectivity index (χ3n) is 5.04. The molecule has 2 saturated heterocycles. The number of ether oxygens (including phenoxy) is 1. The van der Waals surface area contributed by atoms with E-state index in [1.807, 2.05) is 5.38 Å². The lowest BCUT2D eigenvalue weighted by atomic mass is 10.0. The maximum absolute atomic E-state index is 12.4. The Morgan fingerprint density at radius 3 is 2.91 bits per heavy atom. The highest BCUT2D eigenvalue weighted by Gasteiger charge is 2.25. The van der Waals surface area contributed by atoms with Gasteiger partial charge in [-0.25, -0.2) is 4.98 Å². The van der Waals surface area contributed by atoms with Gasteiger partial charge in [-0.1, -0.05) is 6.92 Å². The highest BCUT2D eigenvalue weighted by atomic mass is 32.1. The van der Waals surface area contributed by atoms with E-state index in [2.05, 4.69) is 29.0 Å². The van der Waals surface area contributed by atoms with Gasteiger partial charge in [0, 0.05) is 37.2 Å². The number of nitrogens with one attached hydrogen (secondary N) is 1. The number of thiazole rings is 1. The number of piperidine rings is 1. The van der Waals surface area contributed by atoms with Crippen molar-refractivity contribution in [3.63, 3.8) is 0 Å². The van der Waals surface area contributed by atoms with Gasteiger partial charge in [0.15, 0.2) is 0 Å². The topological polar surface area (TPSA) is 54.5 Å². The number of carbonyl (C=O) groups is 1. The molecule has 0 aliphatic carbocycles. The van der Waals surface area contributed by atoms with Crippen molar-refractivity contribution in [3.8, 4) is 0 Å². The van der Waals surface area contributed by atoms with Crippen molar-refractivity contribution in [2.45, 2.75) is 64.1 Å². The van der Waals surface area contributed by atoms with Gasteiger partial charge in [-0.2, -0.15) is 0 Å². The smallest absolute Gasteiger partial charge is 0.270 e. The van der Waals surface area contributed by atoms with Crippen LogP contribution < -0.4 is 5.32 Å². The van der Waals surface area contributed by atoms with Crippen LogP contribution in [0, 0.1) is 0 Å². The minimum atomic E-state index is -0.0347. The fraction of sp³-hybridized carbons (Fsp3) is 0.765. The fourth-order valence-electron chi connectivity index (χ4n) is 3.31. The summed E-state index contributed by atoms with van der Waals surface area (Å²) in [7, 11) is 0. The molecular formula is C17H27N3O2S. The Morgan fingerprint density at radius 1 is 1.48 bits per heavy atom. The van der Waals surface area contributed by atoms with E-state index in [-0.39, 0.29) is 18.1 Å². The molecule has 5 nitrogen and oxygen atoms in total. The molecule has 23 heavy (non-hydrogen) atoms. The highest BCUT2D eigenvalue weighted by molar-refractivity contribution is 7.09. The van der Waals surface area contributed by atoms with Gasteiger partial charge in [-0.15, -0.1) is 11.3 Å². The highest BCUT2D eigenvalue weighted by Crippen LogP contribution is 2.30. The number of amides is 1. The molecule has 2 aliphatic heterocycles. The predicted octanol–water partition coefficient (Wildman–Crippen LogP) is 2.99. The molecule has 2 aliphatic rings. The number of hydrogen-bond donors (Lipinski definition) is 1. The largest absolute Gasteiger partial charge is 0.371 e. The average molecular weight is 337 g/mol. The zero-order valence-electron chi connectivity index (χ0n) is 14.1. The third kappa shape index (κ3) is 4.11. The van der Waals surface area contributed by atoms with Crippen LogP contribution in [0.25, 0.3) is 0 Å². The summed E-state index contributed by atoms with van der Waals surface area (Å²) in [5, 5.41) is 5.96. The van der Waals surface area contributed by atoms with Gasteiger partial charge in [-0.05, 0) is 39.0 Å². The van der Waals surface area contributed by atoms with Crippen LogP contribution in [0.1, 0.15) is 67.6 Å². The Bertz CT molecular complexity index is 520. The zero-order valence-corrected chi connectivity index (χ0v) is 14.9. The summed E-state index contributed by atoms with van der Waals surface area (Å²) in [5.74, 6) is -0.0347. The van der Waals surface area contributed by atoms with Crippen LogP contribution in [0.5, 0.6) is 0 Å². The quantitative estimate of drug-likeness (QED) is 0.897. The molecule has 0 aromatic carbocycles. The van der Waals surface area contributed by atoms with Crippen LogP contribution in [-0.4, -0.2) is 47.6 Å². The van der Waals surface area contributed by atoms with Crippen molar-refractivity contribution in [3.05, 3.63) is 16.1 Å². The molecule has 2 atom stereocenters. The zero-order chi connectivity index (χ0) is 16.2. The Morgan fingerprint density at radius 2 is 2.26 bits per heavy atom. The van der Waals surface area contributed by atoms with Gasteiger partial charge < -0.3 is 15.0 Å². The summed E-state index contributed by atoms with van der Waals surface area (Å²) in [6.45, 7) is 7.45. The second-order valence-electron chi connectivity index (χ2n) is 6.61. The number of carbonyl (C=O) groups excluding carboxylic acids is 1. The lowest BCUT2D eigenvalue weighted by Gasteiger charge is -2.35. The normalized spacial score (nSPS) is 24.7. The number of nitrogens with zero attached hydrogens (tertiary/aromatic N) is 2. The van der Waals surface area contributed by atoms with Crippen molar-refractivity contribution in [2.75, 3.05) is 19.7 Å². The molecule has 128 valence electrons. The first-order valence-corrected chi connectivity index (χ1v) is 9.67. The minimum absolute atomic E-state index is 0.0347. The van der Waals surface area contributed by atoms with Crippen molar-refractivity contribution in [2.24, 2.45) is 0 Å². The number of rotatable bonds is 5. The monoisotopic (exact) mass is 337 g/mol. The standard InChI is InChI=1S/C17H27N3O2S/c1-3-12(2)20-8-6-13(7-9-20)18-16(21)14-11-23-17(19-14)15-5-4-10-22-15/h11-13,15H,3-10H2,1-2H3,(H,18,21). The van der Waals surface area contributed by atoms with Crippen LogP contribution in [0.15, 0.2) is 5.38 Å². The molecule has 3 rings (SSSR count). The Kier molecular flexibility index (Phi) is 5.67. The molecule has 1 N–H and O–H groups in total. The maximum Gasteiger partial charge on any atom is 0.270 e. The first kappa shape index (κ1) is 16.9. The summed E-state index contributed by atoms with van der Waals surface area (Å²) in [5.41, 5.74) is 0.546. The van der Waals surface area contributed by atoms with Crippen molar-refractivity contribution in [1.29, 1.82) is 0 Å². The van der Waals surface area contributed by atoms with Crippen LogP contribution in [0.2, 0.25) is 0 Å². The van der Waals surface area contributed by atoms with Gasteiger partial charge >= 0.3 is 0 Å². The second kappa shape index (κ2) is 7.73. The van der Waals surface area contributed by atoms with E-state index in [0.717, 1.165) is 50.4 Å². The summed E-state index contributed by atoms with van der Waals surface area (Å²) in [6, 6.07) is 0.912. The number of aromatic nitrogens is 1. The summed E-state index contributed by atoms with van der Waals surface area (Å²) in [6.07, 6.45) is 5.43. The van der Waals surface area contributed by atoms with E-state index >= 15 is 0 Å². The maximum atomic E-state index is 12.4. The Labute approximate surface area is 142 Å². The third-order valence-corrected chi connectivity index (χ3v) is 5.98. The van der Waals surface area contributed by atoms with Crippen LogP contribution in [-0.2, 0) is 4.74 Å². The summed E-state index contributed by atoms with van der Waals surface area (Å²) < 4.78 is 5.64. The molecule has 2 unspecified atom stereocenters. The molecular weight excluding hydrogens is 310 g/mol. The molecule has 1 amide bonds. The molecule has 0 bridgehead atoms. The SMILES string of the molecule is CCC(C)N1CCC(NC(=O)c2csc(C3CCCO3)n2)CC1. The second-order valence-corrected chi connectivity index (χ2v) is 7.50. The van der Waals surface area contributed by atoms with Crippen LogP contribution in [0.4, 0.5) is 0 Å². The van der Waals surface area contributed by atoms with E-state index < -0.39 is 0 Å². The molecule has 0 spiro atoms. The van der Waals surface area contributed by atoms with E-state index in [1.54, 1.807) is 0 Å². The van der Waals surface area contributed by atoms with Crippen molar-refractivity contribution >= 4 is 17.2 Å². The predicted molar refractivity (Wildman–Crippen MR) is 91.9 cm³/mol. The molecule has 3 heterocycles. The van der Waals surface area contributed by atoms with Gasteiger partial charge in [0.05, 0.1) is 0 Å². The van der Waals surface area contributed by atoms with Crippen LogP contribution in [0.3, 0.4) is 0 Å². The van der Waals surface area contributed by atoms with Crippen molar-refractivity contribution in [1.82, 2.24) is 15.2 Å². The van der Waals surface area contributed by atoms with Gasteiger partial charge in [-0.3, -0.25) is 4.79 Å². The molecule has 0 radical (unpaired) electrons. The molecule has 1 aromatic rings. The van der Waals surface area contributed by atoms with Crippen LogP contribution >= 0.6 is 11.3 Å². The Hall–Kier alpha value is -0.980. The van der Waals surface area contributed by atoms with E-state index in [0.29, 0.717) is 11.7 Å². The molecule has 2 fully saturated rings. The first-order valence-electron chi connectivity index (χ1n) is 8.79. The number of likely N-dealkylation sites (tertiary alicyclic amines) is 1. The average Bonchev–Trinajstić information content (AvgIpc) is 3.25. The molecule has 6 heteroatoms. The molecule has 0 saturated carbocycles. The lowest BCUT2D eigenvalue weighted by Crippen LogP contribution is -2.47. The minimum Gasteiger partial charge on any atom is -0.371 e. The molecule has 1 aromatic heterocycles. The van der Waals surface area contributed by atoms with Crippen molar-refractivity contribution < 1.29 is 9.53 Å². The fourth-order valence-corrected chi connectivity index (χ4v) is 4.20. The first-order chi connectivity index (χ1) is 11.2. The summed E-state index contributed by atoms with van der Waals surface area (Å²) in [4.78, 5) is 19.4. The Balaban J connectivity index is 1.50. The van der Waals surface area contributed by atoms with Gasteiger partial charge in [0.25, 0.3) is 5.91 Å². The number of hydrogen-bond acceptors (Lipinski definition) is 5. The lowest BCUT2D eigenvalue weighted by molar-refractivity contribution is 0.0888. The van der Waals surface area contributed by atoms with Gasteiger partial charge in [0.1, 0.15) is 16.8 Å².